The lowest BCUT2D eigenvalue weighted by atomic mass is 9.76. The van der Waals surface area contributed by atoms with Gasteiger partial charge in [-0.15, -0.1) is 11.8 Å². The van der Waals surface area contributed by atoms with Gasteiger partial charge in [-0.25, -0.2) is 0 Å². The maximum atomic E-state index is 3.37. The van der Waals surface area contributed by atoms with Gasteiger partial charge in [-0.1, -0.05) is 44.0 Å². The fraction of sp³-hybridized carbons (Fsp3) is 0.667. The molecule has 3 rings (SSSR count). The molecule has 2 saturated carbocycles. The standard InChI is InChI=1S/C24H34/c1-3-5-19-7-11-21(12-8-19)23-15-17-24(18-16-23)22-13-9-20(6-4-2)10-14-22/h15-22H,3,5,7-14H2,1-2H3. The van der Waals surface area contributed by atoms with Gasteiger partial charge >= 0.3 is 0 Å². The summed E-state index contributed by atoms with van der Waals surface area (Å²) < 4.78 is 0. The van der Waals surface area contributed by atoms with Gasteiger partial charge in [-0.3, -0.25) is 0 Å². The van der Waals surface area contributed by atoms with E-state index in [1.807, 2.05) is 6.92 Å². The topological polar surface area (TPSA) is 0 Å². The van der Waals surface area contributed by atoms with Gasteiger partial charge in [0.05, 0.1) is 0 Å². The van der Waals surface area contributed by atoms with Crippen LogP contribution in [0.5, 0.6) is 0 Å². The molecule has 1 aromatic carbocycles. The zero-order valence-corrected chi connectivity index (χ0v) is 15.7. The van der Waals surface area contributed by atoms with Crippen molar-refractivity contribution in [2.45, 2.75) is 89.9 Å². The zero-order chi connectivity index (χ0) is 16.8. The molecule has 0 spiro atoms. The summed E-state index contributed by atoms with van der Waals surface area (Å²) in [6.07, 6.45) is 13.7. The van der Waals surface area contributed by atoms with Crippen molar-refractivity contribution < 1.29 is 0 Å². The predicted octanol–water partition coefficient (Wildman–Crippen LogP) is 7.06. The van der Waals surface area contributed by atoms with Crippen LogP contribution in [0.1, 0.15) is 101 Å². The minimum absolute atomic E-state index is 0.656. The molecule has 0 aromatic heterocycles. The summed E-state index contributed by atoms with van der Waals surface area (Å²) in [7, 11) is 0. The van der Waals surface area contributed by atoms with Crippen molar-refractivity contribution in [1.82, 2.24) is 0 Å². The molecule has 1 aromatic rings. The Morgan fingerprint density at radius 1 is 0.792 bits per heavy atom. The molecule has 2 aliphatic rings. The highest BCUT2D eigenvalue weighted by Gasteiger charge is 2.23. The van der Waals surface area contributed by atoms with E-state index in [2.05, 4.69) is 43.0 Å². The third-order valence-electron chi connectivity index (χ3n) is 6.50. The number of benzene rings is 1. The molecule has 2 aliphatic carbocycles. The van der Waals surface area contributed by atoms with Crippen LogP contribution < -0.4 is 0 Å². The third-order valence-corrected chi connectivity index (χ3v) is 6.50. The first kappa shape index (κ1) is 17.6. The first-order valence-corrected chi connectivity index (χ1v) is 10.3. The van der Waals surface area contributed by atoms with E-state index in [1.54, 1.807) is 11.1 Å². The lowest BCUT2D eigenvalue weighted by Crippen LogP contribution is -2.14. The van der Waals surface area contributed by atoms with E-state index in [0.29, 0.717) is 5.92 Å². The van der Waals surface area contributed by atoms with Gasteiger partial charge in [0.15, 0.2) is 0 Å². The molecule has 0 bridgehead atoms. The van der Waals surface area contributed by atoms with Gasteiger partial charge in [0.2, 0.25) is 0 Å². The Kier molecular flexibility index (Phi) is 6.42. The van der Waals surface area contributed by atoms with E-state index in [9.17, 15) is 0 Å². The van der Waals surface area contributed by atoms with E-state index >= 15 is 0 Å². The van der Waals surface area contributed by atoms with Crippen molar-refractivity contribution in [3.05, 3.63) is 35.4 Å². The maximum Gasteiger partial charge on any atom is 0.0203 e. The molecule has 0 atom stereocenters. The van der Waals surface area contributed by atoms with E-state index in [1.165, 1.54) is 64.2 Å². The Hall–Kier alpha value is -1.22. The smallest absolute Gasteiger partial charge is 0.0203 e. The predicted molar refractivity (Wildman–Crippen MR) is 104 cm³/mol. The van der Waals surface area contributed by atoms with Crippen LogP contribution in [0.25, 0.3) is 0 Å². The van der Waals surface area contributed by atoms with Crippen molar-refractivity contribution in [3.8, 4) is 11.8 Å². The Labute approximate surface area is 149 Å². The minimum Gasteiger partial charge on any atom is -0.106 e. The summed E-state index contributed by atoms with van der Waals surface area (Å²) in [5.74, 6) is 9.72. The van der Waals surface area contributed by atoms with Crippen LogP contribution in [0.3, 0.4) is 0 Å². The van der Waals surface area contributed by atoms with E-state index < -0.39 is 0 Å². The first-order chi connectivity index (χ1) is 11.8. The molecule has 0 unspecified atom stereocenters. The molecular formula is C24H34. The summed E-state index contributed by atoms with van der Waals surface area (Å²) in [5.41, 5.74) is 3.17. The monoisotopic (exact) mass is 322 g/mol. The van der Waals surface area contributed by atoms with Crippen molar-refractivity contribution in [3.63, 3.8) is 0 Å². The summed E-state index contributed by atoms with van der Waals surface area (Å²) >= 11 is 0. The van der Waals surface area contributed by atoms with Gasteiger partial charge in [0.25, 0.3) is 0 Å². The summed E-state index contributed by atoms with van der Waals surface area (Å²) in [4.78, 5) is 0. The van der Waals surface area contributed by atoms with Crippen LogP contribution >= 0.6 is 0 Å². The first-order valence-electron chi connectivity index (χ1n) is 10.3. The largest absolute Gasteiger partial charge is 0.106 e. The fourth-order valence-electron chi connectivity index (χ4n) is 5.01. The minimum atomic E-state index is 0.656. The quantitative estimate of drug-likeness (QED) is 0.521. The summed E-state index contributed by atoms with van der Waals surface area (Å²) in [6.45, 7) is 4.30. The Morgan fingerprint density at radius 2 is 1.29 bits per heavy atom. The second-order valence-corrected chi connectivity index (χ2v) is 8.12. The number of rotatable bonds is 4. The molecule has 24 heavy (non-hydrogen) atoms. The van der Waals surface area contributed by atoms with E-state index in [-0.39, 0.29) is 0 Å². The number of hydrogen-bond acceptors (Lipinski definition) is 0. The van der Waals surface area contributed by atoms with E-state index in [0.717, 1.165) is 17.8 Å². The van der Waals surface area contributed by atoms with Gasteiger partial charge in [0.1, 0.15) is 0 Å². The average Bonchev–Trinajstić information content (AvgIpc) is 2.64. The average molecular weight is 323 g/mol. The van der Waals surface area contributed by atoms with Crippen LogP contribution in [0.2, 0.25) is 0 Å². The van der Waals surface area contributed by atoms with Crippen LogP contribution in [0.4, 0.5) is 0 Å². The molecule has 0 amide bonds. The van der Waals surface area contributed by atoms with Gasteiger partial charge in [0, 0.05) is 5.92 Å². The van der Waals surface area contributed by atoms with Crippen molar-refractivity contribution in [2.24, 2.45) is 11.8 Å². The molecule has 0 nitrogen and oxygen atoms in total. The highest BCUT2D eigenvalue weighted by atomic mass is 14.3. The van der Waals surface area contributed by atoms with Crippen molar-refractivity contribution in [2.75, 3.05) is 0 Å². The van der Waals surface area contributed by atoms with E-state index in [4.69, 9.17) is 0 Å². The Balaban J connectivity index is 1.53. The van der Waals surface area contributed by atoms with Gasteiger partial charge in [-0.2, -0.15) is 0 Å². The van der Waals surface area contributed by atoms with Crippen molar-refractivity contribution >= 4 is 0 Å². The second-order valence-electron chi connectivity index (χ2n) is 8.12. The number of hydrogen-bond donors (Lipinski definition) is 0. The molecule has 0 saturated heterocycles. The Morgan fingerprint density at radius 3 is 1.75 bits per heavy atom. The van der Waals surface area contributed by atoms with Crippen molar-refractivity contribution in [1.29, 1.82) is 0 Å². The van der Waals surface area contributed by atoms with Crippen LogP contribution in [-0.2, 0) is 0 Å². The molecule has 0 heterocycles. The van der Waals surface area contributed by atoms with Gasteiger partial charge in [-0.05, 0) is 87.2 Å². The normalized spacial score (nSPS) is 30.4. The maximum absolute atomic E-state index is 3.37. The molecule has 0 aliphatic heterocycles. The third kappa shape index (κ3) is 4.44. The SMILES string of the molecule is CC#CC1CCC(c2ccc(C3CCC(CCC)CC3)cc2)CC1. The lowest BCUT2D eigenvalue weighted by Gasteiger charge is -2.29. The molecule has 0 N–H and O–H groups in total. The Bertz CT molecular complexity index is 540. The highest BCUT2D eigenvalue weighted by Crippen LogP contribution is 2.39. The van der Waals surface area contributed by atoms with Gasteiger partial charge < -0.3 is 0 Å². The zero-order valence-electron chi connectivity index (χ0n) is 15.7. The highest BCUT2D eigenvalue weighted by molar-refractivity contribution is 5.28. The molecule has 0 heteroatoms. The fourth-order valence-corrected chi connectivity index (χ4v) is 5.01. The molecule has 2 fully saturated rings. The molecule has 0 radical (unpaired) electrons. The van der Waals surface area contributed by atoms with Crippen LogP contribution in [-0.4, -0.2) is 0 Å². The summed E-state index contributed by atoms with van der Waals surface area (Å²) in [6, 6.07) is 9.75. The molecule has 130 valence electrons. The molecular weight excluding hydrogens is 288 g/mol. The van der Waals surface area contributed by atoms with Crippen LogP contribution in [0.15, 0.2) is 24.3 Å². The second kappa shape index (κ2) is 8.75. The lowest BCUT2D eigenvalue weighted by molar-refractivity contribution is 0.308. The van der Waals surface area contributed by atoms with Crippen LogP contribution in [0, 0.1) is 23.7 Å². The summed E-state index contributed by atoms with van der Waals surface area (Å²) in [5, 5.41) is 0.